The number of piperazine rings is 1. The van der Waals surface area contributed by atoms with Crippen molar-refractivity contribution in [3.63, 3.8) is 0 Å². The normalized spacial score (nSPS) is 19.3. The van der Waals surface area contributed by atoms with E-state index in [1.807, 2.05) is 37.3 Å². The van der Waals surface area contributed by atoms with Gasteiger partial charge in [0.05, 0.1) is 5.60 Å². The highest BCUT2D eigenvalue weighted by molar-refractivity contribution is 5.75. The van der Waals surface area contributed by atoms with E-state index in [0.29, 0.717) is 39.0 Å². The lowest BCUT2D eigenvalue weighted by atomic mass is 10.0. The number of amides is 2. The van der Waals surface area contributed by atoms with Gasteiger partial charge in [0.1, 0.15) is 0 Å². The van der Waals surface area contributed by atoms with Crippen LogP contribution in [0.15, 0.2) is 30.3 Å². The van der Waals surface area contributed by atoms with Gasteiger partial charge in [-0.25, -0.2) is 4.79 Å². The van der Waals surface area contributed by atoms with Gasteiger partial charge in [-0.1, -0.05) is 30.3 Å². The number of hydrogen-bond acceptors (Lipinski definition) is 4. The van der Waals surface area contributed by atoms with Crippen molar-refractivity contribution in [1.29, 1.82) is 0 Å². The van der Waals surface area contributed by atoms with Crippen molar-refractivity contribution in [2.24, 2.45) is 0 Å². The Morgan fingerprint density at radius 1 is 1.25 bits per heavy atom. The number of hydrogen-bond donors (Lipinski definition) is 3. The Labute approximate surface area is 167 Å². The highest BCUT2D eigenvalue weighted by Gasteiger charge is 2.30. The molecule has 2 amide bonds. The van der Waals surface area contributed by atoms with Crippen LogP contribution in [-0.4, -0.2) is 75.9 Å². The summed E-state index contributed by atoms with van der Waals surface area (Å²) in [5.41, 5.74) is 0.308. The Kier molecular flexibility index (Phi) is 7.83. The fourth-order valence-corrected chi connectivity index (χ4v) is 3.70. The van der Waals surface area contributed by atoms with Gasteiger partial charge in [0.2, 0.25) is 0 Å². The molecule has 2 rings (SSSR count). The second-order valence-corrected chi connectivity index (χ2v) is 8.36. The van der Waals surface area contributed by atoms with Crippen LogP contribution in [0.25, 0.3) is 0 Å². The second kappa shape index (κ2) is 9.89. The molecule has 156 valence electrons. The number of β-amino-alcohol motifs (C(OH)–C–C–N with tert-alkyl or cyclic N) is 1. The number of carbonyl (C=O) groups is 2. The summed E-state index contributed by atoms with van der Waals surface area (Å²) in [5.74, 6) is -0.860. The first kappa shape index (κ1) is 22.2. The molecule has 0 radical (unpaired) electrons. The number of carboxylic acids is 1. The molecule has 2 unspecified atom stereocenters. The molecule has 3 N–H and O–H groups in total. The highest BCUT2D eigenvalue weighted by Crippen LogP contribution is 2.15. The average Bonchev–Trinajstić information content (AvgIpc) is 2.59. The number of nitrogens with zero attached hydrogens (tertiary/aromatic N) is 2. The standard InChI is InChI=1S/C21H33N3O4/c1-16-14-23(15-21(2,3)28)11-12-24(16)20(27)22-18(9-10-19(25)26)13-17-7-5-4-6-8-17/h4-8,16,18,28H,9-15H2,1-3H3,(H,22,27)(H,25,26). The van der Waals surface area contributed by atoms with Crippen LogP contribution in [0.5, 0.6) is 0 Å². The molecular formula is C21H33N3O4. The van der Waals surface area contributed by atoms with E-state index < -0.39 is 11.6 Å². The van der Waals surface area contributed by atoms with Crippen LogP contribution >= 0.6 is 0 Å². The van der Waals surface area contributed by atoms with Crippen LogP contribution in [0.3, 0.4) is 0 Å². The maximum absolute atomic E-state index is 12.8. The fraction of sp³-hybridized carbons (Fsp3) is 0.619. The van der Waals surface area contributed by atoms with E-state index in [1.54, 1.807) is 18.7 Å². The molecule has 0 bridgehead atoms. The van der Waals surface area contributed by atoms with Crippen LogP contribution in [0.2, 0.25) is 0 Å². The molecule has 28 heavy (non-hydrogen) atoms. The Morgan fingerprint density at radius 3 is 2.50 bits per heavy atom. The number of carbonyl (C=O) groups excluding carboxylic acids is 1. The molecule has 0 aromatic heterocycles. The van der Waals surface area contributed by atoms with E-state index in [-0.39, 0.29) is 24.5 Å². The fourth-order valence-electron chi connectivity index (χ4n) is 3.70. The summed E-state index contributed by atoms with van der Waals surface area (Å²) in [7, 11) is 0. The van der Waals surface area contributed by atoms with Crippen molar-refractivity contribution < 1.29 is 19.8 Å². The third-order valence-electron chi connectivity index (χ3n) is 4.94. The van der Waals surface area contributed by atoms with Crippen LogP contribution in [0.4, 0.5) is 4.79 Å². The van der Waals surface area contributed by atoms with Gasteiger partial charge in [-0.05, 0) is 39.2 Å². The number of carboxylic acid groups (broad SMARTS) is 1. The smallest absolute Gasteiger partial charge is 0.317 e. The minimum atomic E-state index is -0.860. The quantitative estimate of drug-likeness (QED) is 0.630. The molecule has 7 heteroatoms. The maximum atomic E-state index is 12.8. The van der Waals surface area contributed by atoms with Crippen molar-refractivity contribution in [3.8, 4) is 0 Å². The number of rotatable bonds is 8. The van der Waals surface area contributed by atoms with Crippen molar-refractivity contribution >= 4 is 12.0 Å². The summed E-state index contributed by atoms with van der Waals surface area (Å²) in [6.07, 6.45) is 1.02. The first-order valence-corrected chi connectivity index (χ1v) is 9.91. The maximum Gasteiger partial charge on any atom is 0.317 e. The lowest BCUT2D eigenvalue weighted by molar-refractivity contribution is -0.137. The Bertz CT molecular complexity index is 645. The van der Waals surface area contributed by atoms with Gasteiger partial charge in [-0.2, -0.15) is 0 Å². The van der Waals surface area contributed by atoms with E-state index in [0.717, 1.165) is 5.56 Å². The van der Waals surface area contributed by atoms with Gasteiger partial charge in [-0.15, -0.1) is 0 Å². The lowest BCUT2D eigenvalue weighted by Crippen LogP contribution is -2.59. The highest BCUT2D eigenvalue weighted by atomic mass is 16.4. The van der Waals surface area contributed by atoms with E-state index in [2.05, 4.69) is 10.2 Å². The first-order valence-electron chi connectivity index (χ1n) is 9.91. The molecule has 2 atom stereocenters. The Balaban J connectivity index is 1.95. The number of urea groups is 1. The SMILES string of the molecule is CC1CN(CC(C)(C)O)CCN1C(=O)NC(CCC(=O)O)Cc1ccccc1. The molecule has 1 aromatic carbocycles. The molecule has 1 aromatic rings. The topological polar surface area (TPSA) is 93.1 Å². The van der Waals surface area contributed by atoms with Crippen LogP contribution in [0, 0.1) is 0 Å². The largest absolute Gasteiger partial charge is 0.481 e. The lowest BCUT2D eigenvalue weighted by Gasteiger charge is -2.42. The molecular weight excluding hydrogens is 358 g/mol. The zero-order valence-corrected chi connectivity index (χ0v) is 17.1. The van der Waals surface area contributed by atoms with Gasteiger partial charge in [0, 0.05) is 44.7 Å². The molecule has 0 aliphatic carbocycles. The van der Waals surface area contributed by atoms with Gasteiger partial charge < -0.3 is 20.4 Å². The van der Waals surface area contributed by atoms with Gasteiger partial charge >= 0.3 is 12.0 Å². The number of aliphatic hydroxyl groups is 1. The summed E-state index contributed by atoms with van der Waals surface area (Å²) in [4.78, 5) is 27.8. The third kappa shape index (κ3) is 7.48. The minimum absolute atomic E-state index is 0.0205. The predicted molar refractivity (Wildman–Crippen MR) is 108 cm³/mol. The Morgan fingerprint density at radius 2 is 1.93 bits per heavy atom. The average molecular weight is 392 g/mol. The first-order chi connectivity index (χ1) is 13.1. The van der Waals surface area contributed by atoms with E-state index in [4.69, 9.17) is 5.11 Å². The van der Waals surface area contributed by atoms with E-state index in [1.165, 1.54) is 0 Å². The molecule has 1 fully saturated rings. The summed E-state index contributed by atoms with van der Waals surface area (Å²) < 4.78 is 0. The van der Waals surface area contributed by atoms with Crippen LogP contribution in [-0.2, 0) is 11.2 Å². The summed E-state index contributed by atoms with van der Waals surface area (Å²) >= 11 is 0. The number of nitrogens with one attached hydrogen (secondary N) is 1. The molecule has 1 aliphatic heterocycles. The van der Waals surface area contributed by atoms with Crippen LogP contribution in [0.1, 0.15) is 39.2 Å². The van der Waals surface area contributed by atoms with E-state index in [9.17, 15) is 14.7 Å². The number of benzene rings is 1. The monoisotopic (exact) mass is 391 g/mol. The summed E-state index contributed by atoms with van der Waals surface area (Å²) in [5, 5.41) is 22.1. The molecule has 0 saturated carbocycles. The molecule has 0 spiro atoms. The van der Waals surface area contributed by atoms with Crippen molar-refractivity contribution in [3.05, 3.63) is 35.9 Å². The van der Waals surface area contributed by atoms with Crippen LogP contribution < -0.4 is 5.32 Å². The van der Waals surface area contributed by atoms with Gasteiger partial charge in [0.25, 0.3) is 0 Å². The van der Waals surface area contributed by atoms with Crippen molar-refractivity contribution in [2.75, 3.05) is 26.2 Å². The van der Waals surface area contributed by atoms with Crippen molar-refractivity contribution in [1.82, 2.24) is 15.1 Å². The third-order valence-corrected chi connectivity index (χ3v) is 4.94. The predicted octanol–water partition coefficient (Wildman–Crippen LogP) is 1.95. The molecule has 1 heterocycles. The van der Waals surface area contributed by atoms with E-state index >= 15 is 0 Å². The molecule has 1 aliphatic rings. The summed E-state index contributed by atoms with van der Waals surface area (Å²) in [6, 6.07) is 9.42. The Hall–Kier alpha value is -2.12. The van der Waals surface area contributed by atoms with Gasteiger partial charge in [0.15, 0.2) is 0 Å². The number of aliphatic carboxylic acids is 1. The second-order valence-electron chi connectivity index (χ2n) is 8.36. The molecule has 7 nitrogen and oxygen atoms in total. The minimum Gasteiger partial charge on any atom is -0.481 e. The zero-order chi connectivity index (χ0) is 20.7. The molecule has 1 saturated heterocycles. The zero-order valence-electron chi connectivity index (χ0n) is 17.1. The van der Waals surface area contributed by atoms with Crippen molar-refractivity contribution in [2.45, 2.75) is 57.7 Å². The van der Waals surface area contributed by atoms with Gasteiger partial charge in [-0.3, -0.25) is 9.69 Å². The summed E-state index contributed by atoms with van der Waals surface area (Å²) in [6.45, 7) is 8.14.